The molecule has 0 radical (unpaired) electrons. The number of halogens is 2. The summed E-state index contributed by atoms with van der Waals surface area (Å²) < 4.78 is 23.9. The van der Waals surface area contributed by atoms with Crippen LogP contribution in [0.3, 0.4) is 0 Å². The first kappa shape index (κ1) is 19.2. The van der Waals surface area contributed by atoms with Gasteiger partial charge in [-0.15, -0.1) is 0 Å². The number of carbonyl (C=O) groups is 1. The molecule has 0 bridgehead atoms. The Labute approximate surface area is 143 Å². The molecule has 0 saturated carbocycles. The first-order chi connectivity index (χ1) is 11.3. The molecule has 0 heterocycles. The average Bonchev–Trinajstić information content (AvgIpc) is 2.53. The van der Waals surface area contributed by atoms with Gasteiger partial charge in [0.2, 0.25) is 0 Å². The van der Waals surface area contributed by atoms with Crippen molar-refractivity contribution in [3.05, 3.63) is 59.2 Å². The van der Waals surface area contributed by atoms with Gasteiger partial charge in [0.05, 0.1) is 24.9 Å². The maximum Gasteiger partial charge on any atom is 0.357 e. The van der Waals surface area contributed by atoms with E-state index in [4.69, 9.17) is 27.8 Å². The summed E-state index contributed by atoms with van der Waals surface area (Å²) in [5, 5.41) is 0.0848. The van der Waals surface area contributed by atoms with E-state index < -0.39 is 11.8 Å². The minimum atomic E-state index is -0.833. The largest absolute Gasteiger partial charge is 0.492 e. The van der Waals surface area contributed by atoms with Crippen molar-refractivity contribution in [2.24, 2.45) is 16.5 Å². The SMILES string of the molecule is C=CC(=C(N)N)/C(=N\C(=C)c1ccc(Cl)c(OC)c1F)C(=O)OC. The molecule has 0 aliphatic carbocycles. The molecule has 24 heavy (non-hydrogen) atoms. The Morgan fingerprint density at radius 2 is 2.00 bits per heavy atom. The summed E-state index contributed by atoms with van der Waals surface area (Å²) in [7, 11) is 2.42. The van der Waals surface area contributed by atoms with Crippen molar-refractivity contribution in [2.45, 2.75) is 0 Å². The van der Waals surface area contributed by atoms with Gasteiger partial charge in [0, 0.05) is 11.1 Å². The first-order valence-electron chi connectivity index (χ1n) is 6.54. The lowest BCUT2D eigenvalue weighted by molar-refractivity contribution is -0.132. The van der Waals surface area contributed by atoms with E-state index in [1.807, 2.05) is 0 Å². The molecule has 0 aromatic heterocycles. The van der Waals surface area contributed by atoms with Gasteiger partial charge in [-0.2, -0.15) is 0 Å². The Balaban J connectivity index is 3.50. The van der Waals surface area contributed by atoms with Crippen LogP contribution in [0.5, 0.6) is 5.75 Å². The van der Waals surface area contributed by atoms with E-state index in [1.54, 1.807) is 0 Å². The van der Waals surface area contributed by atoms with Gasteiger partial charge in [-0.05, 0) is 12.1 Å². The number of methoxy groups -OCH3 is 2. The Morgan fingerprint density at radius 3 is 2.46 bits per heavy atom. The molecule has 0 spiro atoms. The Hall–Kier alpha value is -2.80. The van der Waals surface area contributed by atoms with Crippen LogP contribution in [0.15, 0.2) is 47.8 Å². The van der Waals surface area contributed by atoms with E-state index in [2.05, 4.69) is 22.9 Å². The molecular weight excluding hydrogens is 337 g/mol. The molecule has 0 amide bonds. The topological polar surface area (TPSA) is 99.9 Å². The van der Waals surface area contributed by atoms with E-state index in [0.29, 0.717) is 0 Å². The highest BCUT2D eigenvalue weighted by Gasteiger charge is 2.20. The summed E-state index contributed by atoms with van der Waals surface area (Å²) in [6, 6.07) is 2.77. The highest BCUT2D eigenvalue weighted by molar-refractivity contribution is 6.44. The number of esters is 1. The number of rotatable bonds is 6. The molecule has 1 aromatic carbocycles. The van der Waals surface area contributed by atoms with Gasteiger partial charge in [0.1, 0.15) is 5.82 Å². The molecule has 0 fully saturated rings. The van der Waals surface area contributed by atoms with Crippen LogP contribution in [-0.4, -0.2) is 25.9 Å². The fourth-order valence-corrected chi connectivity index (χ4v) is 2.02. The molecule has 1 rings (SSSR count). The maximum absolute atomic E-state index is 14.4. The molecular formula is C16H17ClFN3O3. The van der Waals surface area contributed by atoms with Crippen molar-refractivity contribution >= 4 is 29.0 Å². The number of ether oxygens (including phenoxy) is 2. The second-order valence-corrected chi connectivity index (χ2v) is 4.82. The number of allylic oxidation sites excluding steroid dienone is 1. The third-order valence-corrected chi connectivity index (χ3v) is 3.26. The van der Waals surface area contributed by atoms with Crippen LogP contribution >= 0.6 is 11.6 Å². The normalized spacial score (nSPS) is 10.8. The molecule has 8 heteroatoms. The van der Waals surface area contributed by atoms with Crippen LogP contribution in [0.2, 0.25) is 5.02 Å². The summed E-state index contributed by atoms with van der Waals surface area (Å²) in [4.78, 5) is 15.9. The van der Waals surface area contributed by atoms with Crippen molar-refractivity contribution in [3.63, 3.8) is 0 Å². The quantitative estimate of drug-likeness (QED) is 0.464. The van der Waals surface area contributed by atoms with E-state index in [-0.39, 0.29) is 39.1 Å². The standard InChI is InChI=1S/C16H17ClFN3O3/c1-5-9(15(19)20)13(16(22)24-4)21-8(2)10-6-7-11(17)14(23-3)12(10)18/h5-7H,1-2,19-20H2,3-4H3/b21-13+. The monoisotopic (exact) mass is 353 g/mol. The van der Waals surface area contributed by atoms with Crippen molar-refractivity contribution in [2.75, 3.05) is 14.2 Å². The molecule has 6 nitrogen and oxygen atoms in total. The summed E-state index contributed by atoms with van der Waals surface area (Å²) in [6.45, 7) is 7.16. The van der Waals surface area contributed by atoms with Crippen LogP contribution in [-0.2, 0) is 9.53 Å². The number of benzene rings is 1. The first-order valence-corrected chi connectivity index (χ1v) is 6.92. The second-order valence-electron chi connectivity index (χ2n) is 4.41. The Bertz CT molecular complexity index is 753. The number of aliphatic imine (C=N–C) groups is 1. The number of carbonyl (C=O) groups excluding carboxylic acids is 1. The molecule has 0 aliphatic rings. The van der Waals surface area contributed by atoms with Crippen molar-refractivity contribution in [3.8, 4) is 5.75 Å². The van der Waals surface area contributed by atoms with E-state index in [0.717, 1.165) is 7.11 Å². The lowest BCUT2D eigenvalue weighted by Gasteiger charge is -2.11. The van der Waals surface area contributed by atoms with Crippen LogP contribution in [0, 0.1) is 5.82 Å². The lowest BCUT2D eigenvalue weighted by Crippen LogP contribution is -2.23. The predicted molar refractivity (Wildman–Crippen MR) is 92.0 cm³/mol. The van der Waals surface area contributed by atoms with Gasteiger partial charge in [0.25, 0.3) is 0 Å². The molecule has 0 saturated heterocycles. The summed E-state index contributed by atoms with van der Waals surface area (Å²) in [5.41, 5.74) is 10.7. The number of hydrogen-bond acceptors (Lipinski definition) is 6. The fourth-order valence-electron chi connectivity index (χ4n) is 1.80. The van der Waals surface area contributed by atoms with Crippen LogP contribution in [0.1, 0.15) is 5.56 Å². The maximum atomic E-state index is 14.4. The minimum Gasteiger partial charge on any atom is -0.492 e. The van der Waals surface area contributed by atoms with Gasteiger partial charge in [0.15, 0.2) is 17.3 Å². The third kappa shape index (κ3) is 3.94. The van der Waals surface area contributed by atoms with E-state index >= 15 is 0 Å². The highest BCUT2D eigenvalue weighted by atomic mass is 35.5. The smallest absolute Gasteiger partial charge is 0.357 e. The predicted octanol–water partition coefficient (Wildman–Crippen LogP) is 2.39. The second kappa shape index (κ2) is 8.16. The average molecular weight is 354 g/mol. The van der Waals surface area contributed by atoms with Gasteiger partial charge in [-0.3, -0.25) is 0 Å². The van der Waals surface area contributed by atoms with Crippen molar-refractivity contribution in [1.29, 1.82) is 0 Å². The van der Waals surface area contributed by atoms with Gasteiger partial charge >= 0.3 is 5.97 Å². The van der Waals surface area contributed by atoms with Gasteiger partial charge < -0.3 is 20.9 Å². The van der Waals surface area contributed by atoms with E-state index in [9.17, 15) is 9.18 Å². The van der Waals surface area contributed by atoms with Gasteiger partial charge in [-0.25, -0.2) is 14.2 Å². The summed E-state index contributed by atoms with van der Waals surface area (Å²) >= 11 is 5.84. The molecule has 0 atom stereocenters. The molecule has 0 unspecified atom stereocenters. The third-order valence-electron chi connectivity index (χ3n) is 2.96. The van der Waals surface area contributed by atoms with Crippen LogP contribution < -0.4 is 16.2 Å². The minimum absolute atomic E-state index is 0.0170. The summed E-state index contributed by atoms with van der Waals surface area (Å²) in [6.07, 6.45) is 1.23. The number of nitrogens with zero attached hydrogens (tertiary/aromatic N) is 1. The van der Waals surface area contributed by atoms with Crippen LogP contribution in [0.25, 0.3) is 5.70 Å². The zero-order valence-corrected chi connectivity index (χ0v) is 14.0. The van der Waals surface area contributed by atoms with E-state index in [1.165, 1.54) is 25.3 Å². The molecule has 4 N–H and O–H groups in total. The van der Waals surface area contributed by atoms with Gasteiger partial charge in [-0.1, -0.05) is 30.8 Å². The lowest BCUT2D eigenvalue weighted by atomic mass is 10.1. The van der Waals surface area contributed by atoms with Crippen molar-refractivity contribution in [1.82, 2.24) is 0 Å². The molecule has 1 aromatic rings. The highest BCUT2D eigenvalue weighted by Crippen LogP contribution is 2.32. The number of hydrogen-bond donors (Lipinski definition) is 2. The summed E-state index contributed by atoms with van der Waals surface area (Å²) in [5.74, 6) is -1.97. The van der Waals surface area contributed by atoms with Crippen molar-refractivity contribution < 1.29 is 18.7 Å². The fraction of sp³-hybridized carbons (Fsp3) is 0.125. The zero-order chi connectivity index (χ0) is 18.4. The van der Waals surface area contributed by atoms with Crippen LogP contribution in [0.4, 0.5) is 4.39 Å². The Morgan fingerprint density at radius 1 is 1.38 bits per heavy atom. The Kier molecular flexibility index (Phi) is 6.55. The molecule has 0 aliphatic heterocycles. The number of nitrogens with two attached hydrogens (primary N) is 2. The molecule has 128 valence electrons. The zero-order valence-electron chi connectivity index (χ0n) is 13.2.